The maximum Gasteiger partial charge on any atom is 0.379 e. The number of H-pyrrole nitrogens is 1. The van der Waals surface area contributed by atoms with Crippen LogP contribution in [-0.4, -0.2) is 35.3 Å². The molecule has 12 heteroatoms. The largest absolute Gasteiger partial charge is 0.462 e. The van der Waals surface area contributed by atoms with Crippen LogP contribution in [0.3, 0.4) is 0 Å². The quantitative estimate of drug-likeness (QED) is 0.123. The highest BCUT2D eigenvalue weighted by atomic mass is 16.6. The fraction of sp³-hybridized carbons (Fsp3) is 0.152. The molecule has 4 aromatic heterocycles. The number of hydrogen-bond donors (Lipinski definition) is 3. The zero-order valence-electron chi connectivity index (χ0n) is 24.7. The standard InChI is InChI=1S/C33H27N3O9/c1-5-41-33(40)27-28-21(20-14-19(9-10-22(20)35-28)34-30(37)24-11-6-16(2)42-24)15-23(36-31(38)25-12-7-17(3)43-25)29(27)45-32(39)26-13-8-18(4)44-26/h6-15,35H,5H2,1-4H3,(H,34,37)(H,36,38). The molecular formula is C33H27N3O9. The van der Waals surface area contributed by atoms with E-state index in [2.05, 4.69) is 15.6 Å². The highest BCUT2D eigenvalue weighted by Crippen LogP contribution is 2.41. The summed E-state index contributed by atoms with van der Waals surface area (Å²) in [5, 5.41) is 6.58. The van der Waals surface area contributed by atoms with Crippen LogP contribution in [0.1, 0.15) is 66.2 Å². The van der Waals surface area contributed by atoms with Gasteiger partial charge in [0, 0.05) is 22.0 Å². The van der Waals surface area contributed by atoms with E-state index < -0.39 is 23.8 Å². The summed E-state index contributed by atoms with van der Waals surface area (Å²) in [6.07, 6.45) is 0. The van der Waals surface area contributed by atoms with Crippen molar-refractivity contribution in [2.45, 2.75) is 27.7 Å². The molecule has 2 aromatic carbocycles. The molecule has 4 heterocycles. The molecule has 0 fully saturated rings. The molecule has 0 aliphatic rings. The van der Waals surface area contributed by atoms with Gasteiger partial charge in [-0.3, -0.25) is 9.59 Å². The minimum absolute atomic E-state index is 0.00121. The average molecular weight is 610 g/mol. The van der Waals surface area contributed by atoms with Gasteiger partial charge in [-0.1, -0.05) is 0 Å². The van der Waals surface area contributed by atoms with Gasteiger partial charge in [-0.2, -0.15) is 0 Å². The lowest BCUT2D eigenvalue weighted by atomic mass is 10.0. The summed E-state index contributed by atoms with van der Waals surface area (Å²) in [7, 11) is 0. The van der Waals surface area contributed by atoms with Crippen molar-refractivity contribution in [2.75, 3.05) is 17.2 Å². The van der Waals surface area contributed by atoms with Crippen LogP contribution in [0.5, 0.6) is 5.75 Å². The molecule has 6 aromatic rings. The summed E-state index contributed by atoms with van der Waals surface area (Å²) in [6.45, 7) is 6.75. The van der Waals surface area contributed by atoms with E-state index in [-0.39, 0.29) is 46.4 Å². The number of ether oxygens (including phenoxy) is 2. The van der Waals surface area contributed by atoms with Crippen molar-refractivity contribution >= 4 is 56.9 Å². The van der Waals surface area contributed by atoms with Gasteiger partial charge in [0.2, 0.25) is 5.76 Å². The van der Waals surface area contributed by atoms with E-state index >= 15 is 0 Å². The Hall–Kier alpha value is -6.04. The molecule has 45 heavy (non-hydrogen) atoms. The van der Waals surface area contributed by atoms with Crippen LogP contribution in [0.4, 0.5) is 11.4 Å². The molecule has 0 saturated carbocycles. The number of furan rings is 3. The van der Waals surface area contributed by atoms with Crippen LogP contribution in [0.25, 0.3) is 21.8 Å². The van der Waals surface area contributed by atoms with Gasteiger partial charge in [-0.15, -0.1) is 0 Å². The second kappa shape index (κ2) is 11.6. The van der Waals surface area contributed by atoms with Crippen molar-refractivity contribution in [3.63, 3.8) is 0 Å². The van der Waals surface area contributed by atoms with Crippen molar-refractivity contribution in [1.29, 1.82) is 0 Å². The van der Waals surface area contributed by atoms with E-state index in [1.54, 1.807) is 76.2 Å². The molecule has 0 saturated heterocycles. The van der Waals surface area contributed by atoms with Gasteiger partial charge in [0.05, 0.1) is 17.8 Å². The third-order valence-corrected chi connectivity index (χ3v) is 6.90. The Morgan fingerprint density at radius 2 is 1.31 bits per heavy atom. The highest BCUT2D eigenvalue weighted by molar-refractivity contribution is 6.19. The minimum Gasteiger partial charge on any atom is -0.462 e. The number of rotatable bonds is 8. The van der Waals surface area contributed by atoms with Crippen molar-refractivity contribution < 1.29 is 41.9 Å². The molecule has 6 rings (SSSR count). The molecule has 0 aliphatic carbocycles. The van der Waals surface area contributed by atoms with E-state index in [0.717, 1.165) is 0 Å². The van der Waals surface area contributed by atoms with Gasteiger partial charge >= 0.3 is 11.9 Å². The Labute approximate surface area is 255 Å². The van der Waals surface area contributed by atoms with Crippen LogP contribution < -0.4 is 15.4 Å². The SMILES string of the molecule is CCOC(=O)c1c(OC(=O)c2ccc(C)o2)c(NC(=O)c2ccc(C)o2)cc2c1[nH]c1ccc(NC(=O)c3ccc(C)o3)cc12. The van der Waals surface area contributed by atoms with Gasteiger partial charge in [-0.25, -0.2) is 9.59 Å². The van der Waals surface area contributed by atoms with Crippen LogP contribution in [-0.2, 0) is 4.74 Å². The zero-order valence-corrected chi connectivity index (χ0v) is 24.7. The normalized spacial score (nSPS) is 11.1. The molecule has 0 aliphatic heterocycles. The molecule has 12 nitrogen and oxygen atoms in total. The number of aryl methyl sites for hydroxylation is 3. The lowest BCUT2D eigenvalue weighted by Gasteiger charge is -2.15. The number of benzene rings is 2. The Kier molecular flexibility index (Phi) is 7.47. The van der Waals surface area contributed by atoms with E-state index in [0.29, 0.717) is 39.3 Å². The number of carbonyl (C=O) groups excluding carboxylic acids is 4. The first-order valence-corrected chi connectivity index (χ1v) is 13.9. The van der Waals surface area contributed by atoms with Crippen LogP contribution in [0.15, 0.2) is 73.9 Å². The monoisotopic (exact) mass is 609 g/mol. The Balaban J connectivity index is 1.52. The molecule has 3 N–H and O–H groups in total. The number of aromatic amines is 1. The maximum absolute atomic E-state index is 13.5. The fourth-order valence-corrected chi connectivity index (χ4v) is 4.87. The zero-order chi connectivity index (χ0) is 31.8. The van der Waals surface area contributed by atoms with Gasteiger partial charge < -0.3 is 38.3 Å². The first-order chi connectivity index (χ1) is 21.6. The number of hydrogen-bond acceptors (Lipinski definition) is 9. The summed E-state index contributed by atoms with van der Waals surface area (Å²) in [6, 6.07) is 16.1. The van der Waals surface area contributed by atoms with Crippen molar-refractivity contribution in [3.05, 3.63) is 101 Å². The molecule has 228 valence electrons. The molecular weight excluding hydrogens is 582 g/mol. The molecule has 0 unspecified atom stereocenters. The smallest absolute Gasteiger partial charge is 0.379 e. The van der Waals surface area contributed by atoms with E-state index in [1.165, 1.54) is 12.1 Å². The Bertz CT molecular complexity index is 2130. The van der Waals surface area contributed by atoms with E-state index in [1.807, 2.05) is 0 Å². The Morgan fingerprint density at radius 1 is 0.711 bits per heavy atom. The molecule has 0 spiro atoms. The topological polar surface area (TPSA) is 166 Å². The first-order valence-electron chi connectivity index (χ1n) is 13.9. The van der Waals surface area contributed by atoms with Crippen LogP contribution in [0.2, 0.25) is 0 Å². The number of amides is 2. The van der Waals surface area contributed by atoms with Gasteiger partial charge in [0.1, 0.15) is 22.8 Å². The average Bonchev–Trinajstić information content (AvgIpc) is 3.80. The maximum atomic E-state index is 13.5. The summed E-state index contributed by atoms with van der Waals surface area (Å²) in [4.78, 5) is 55.9. The van der Waals surface area contributed by atoms with Crippen LogP contribution in [0, 0.1) is 20.8 Å². The van der Waals surface area contributed by atoms with Crippen molar-refractivity contribution in [1.82, 2.24) is 4.98 Å². The minimum atomic E-state index is -0.897. The predicted octanol–water partition coefficient (Wildman–Crippen LogP) is 6.93. The first kappa shape index (κ1) is 29.1. The highest BCUT2D eigenvalue weighted by Gasteiger charge is 2.29. The summed E-state index contributed by atoms with van der Waals surface area (Å²) in [5.74, 6) is -1.43. The number of fused-ring (bicyclic) bond motifs is 3. The van der Waals surface area contributed by atoms with Crippen molar-refractivity contribution in [3.8, 4) is 5.75 Å². The fourth-order valence-electron chi connectivity index (χ4n) is 4.87. The molecule has 0 atom stereocenters. The second-order valence-corrected chi connectivity index (χ2v) is 10.2. The number of carbonyl (C=O) groups is 4. The lowest BCUT2D eigenvalue weighted by Crippen LogP contribution is -2.18. The summed E-state index contributed by atoms with van der Waals surface area (Å²) >= 11 is 0. The third kappa shape index (κ3) is 5.68. The summed E-state index contributed by atoms with van der Waals surface area (Å²) < 4.78 is 27.5. The number of aromatic nitrogens is 1. The number of nitrogens with one attached hydrogen (secondary N) is 3. The van der Waals surface area contributed by atoms with Gasteiger partial charge in [-0.05, 0) is 88.4 Å². The predicted molar refractivity (Wildman–Crippen MR) is 163 cm³/mol. The molecule has 2 amide bonds. The second-order valence-electron chi connectivity index (χ2n) is 10.2. The van der Waals surface area contributed by atoms with Gasteiger partial charge in [0.25, 0.3) is 11.8 Å². The lowest BCUT2D eigenvalue weighted by molar-refractivity contribution is 0.0521. The Morgan fingerprint density at radius 3 is 1.89 bits per heavy atom. The number of anilines is 2. The molecule has 0 radical (unpaired) electrons. The molecule has 0 bridgehead atoms. The van der Waals surface area contributed by atoms with Crippen molar-refractivity contribution in [2.24, 2.45) is 0 Å². The van der Waals surface area contributed by atoms with Crippen LogP contribution >= 0.6 is 0 Å². The summed E-state index contributed by atoms with van der Waals surface area (Å²) in [5.41, 5.74) is 1.16. The van der Waals surface area contributed by atoms with E-state index in [4.69, 9.17) is 22.7 Å². The van der Waals surface area contributed by atoms with Gasteiger partial charge in [0.15, 0.2) is 17.3 Å². The van der Waals surface area contributed by atoms with E-state index in [9.17, 15) is 19.2 Å². The third-order valence-electron chi connectivity index (χ3n) is 6.90. The number of esters is 2.